The number of amides is 1. The molecule has 1 aromatic carbocycles. The highest BCUT2D eigenvalue weighted by atomic mass is 16.6. The van der Waals surface area contributed by atoms with E-state index in [1.54, 1.807) is 0 Å². The second kappa shape index (κ2) is 6.07. The van der Waals surface area contributed by atoms with Crippen molar-refractivity contribution in [2.24, 2.45) is 5.73 Å². The first-order valence-corrected chi connectivity index (χ1v) is 8.52. The molecule has 7 heteroatoms. The first kappa shape index (κ1) is 16.0. The maximum Gasteiger partial charge on any atom is 0.410 e. The minimum Gasteiger partial charge on any atom is -0.480 e. The Morgan fingerprint density at radius 3 is 2.92 bits per heavy atom. The number of carbonyl (C=O) groups is 2. The monoisotopic (exact) mass is 343 g/mol. The summed E-state index contributed by atoms with van der Waals surface area (Å²) in [7, 11) is 0. The van der Waals surface area contributed by atoms with Crippen molar-refractivity contribution < 1.29 is 19.4 Å². The van der Waals surface area contributed by atoms with E-state index >= 15 is 0 Å². The van der Waals surface area contributed by atoms with E-state index in [-0.39, 0.29) is 19.2 Å². The fourth-order valence-corrected chi connectivity index (χ4v) is 3.84. The molecule has 2 aromatic rings. The second-order valence-electron chi connectivity index (χ2n) is 7.01. The van der Waals surface area contributed by atoms with Gasteiger partial charge in [0, 0.05) is 23.1 Å². The summed E-state index contributed by atoms with van der Waals surface area (Å²) in [6.07, 6.45) is 4.09. The highest BCUT2D eigenvalue weighted by molar-refractivity contribution is 5.84. The molecule has 132 valence electrons. The first-order chi connectivity index (χ1) is 12.0. The van der Waals surface area contributed by atoms with Gasteiger partial charge in [0.15, 0.2) is 0 Å². The van der Waals surface area contributed by atoms with E-state index in [0.717, 1.165) is 23.9 Å². The van der Waals surface area contributed by atoms with Gasteiger partial charge in [-0.3, -0.25) is 9.69 Å². The van der Waals surface area contributed by atoms with Gasteiger partial charge in [-0.1, -0.05) is 6.07 Å². The Hall–Kier alpha value is -2.54. The molecule has 1 aliphatic heterocycles. The number of carboxylic acid groups (broad SMARTS) is 1. The Morgan fingerprint density at radius 1 is 1.40 bits per heavy atom. The number of aliphatic carboxylic acids is 1. The van der Waals surface area contributed by atoms with E-state index in [4.69, 9.17) is 15.6 Å². The number of carboxylic acids is 1. The number of hydrogen-bond acceptors (Lipinski definition) is 4. The first-order valence-electron chi connectivity index (χ1n) is 8.52. The van der Waals surface area contributed by atoms with E-state index in [1.807, 2.05) is 12.1 Å². The van der Waals surface area contributed by atoms with Crippen molar-refractivity contribution in [3.8, 4) is 0 Å². The molecule has 4 rings (SSSR count). The molecule has 1 aliphatic carbocycles. The van der Waals surface area contributed by atoms with E-state index < -0.39 is 12.1 Å². The predicted octanol–water partition coefficient (Wildman–Crippen LogP) is 1.82. The summed E-state index contributed by atoms with van der Waals surface area (Å²) in [6, 6.07) is 6.22. The number of nitrogens with zero attached hydrogens (tertiary/aromatic N) is 1. The number of benzene rings is 1. The van der Waals surface area contributed by atoms with Crippen LogP contribution in [-0.4, -0.2) is 52.3 Å². The molecular formula is C18H21N3O4. The molecule has 4 N–H and O–H groups in total. The van der Waals surface area contributed by atoms with Crippen LogP contribution in [-0.2, 0) is 16.0 Å². The fourth-order valence-electron chi connectivity index (χ4n) is 3.84. The quantitative estimate of drug-likeness (QED) is 0.767. The topological polar surface area (TPSA) is 109 Å². The lowest BCUT2D eigenvalue weighted by Gasteiger charge is -2.32. The number of nitrogens with one attached hydrogen (secondary N) is 1. The third-order valence-corrected chi connectivity index (χ3v) is 5.24. The van der Waals surface area contributed by atoms with Crippen LogP contribution in [0.2, 0.25) is 0 Å². The van der Waals surface area contributed by atoms with Gasteiger partial charge in [-0.2, -0.15) is 0 Å². The van der Waals surface area contributed by atoms with Crippen molar-refractivity contribution in [3.05, 3.63) is 35.5 Å². The number of aromatic nitrogens is 1. The Bertz CT molecular complexity index is 825. The summed E-state index contributed by atoms with van der Waals surface area (Å²) in [5, 5.41) is 10.2. The molecule has 1 aromatic heterocycles. The van der Waals surface area contributed by atoms with Crippen LogP contribution in [0.3, 0.4) is 0 Å². The molecule has 1 saturated carbocycles. The summed E-state index contributed by atoms with van der Waals surface area (Å²) in [6.45, 7) is -0.108. The maximum absolute atomic E-state index is 11.7. The molecule has 25 heavy (non-hydrogen) atoms. The van der Waals surface area contributed by atoms with Gasteiger partial charge in [0.05, 0.1) is 6.04 Å². The van der Waals surface area contributed by atoms with Crippen molar-refractivity contribution >= 4 is 23.0 Å². The van der Waals surface area contributed by atoms with Crippen LogP contribution in [0, 0.1) is 0 Å². The summed E-state index contributed by atoms with van der Waals surface area (Å²) in [5.41, 5.74) is 9.36. The van der Waals surface area contributed by atoms with Crippen LogP contribution in [0.1, 0.15) is 29.9 Å². The number of aromatic amines is 1. The Kier molecular flexibility index (Phi) is 3.88. The molecule has 2 fully saturated rings. The van der Waals surface area contributed by atoms with Crippen molar-refractivity contribution in [1.29, 1.82) is 0 Å². The van der Waals surface area contributed by atoms with Gasteiger partial charge in [0.1, 0.15) is 13.2 Å². The average molecular weight is 343 g/mol. The number of fused-ring (bicyclic) bond motifs is 1. The molecule has 0 unspecified atom stereocenters. The van der Waals surface area contributed by atoms with Gasteiger partial charge in [-0.25, -0.2) is 4.79 Å². The lowest BCUT2D eigenvalue weighted by atomic mass is 9.76. The standard InChI is InChI=1S/C18H21N3O4/c19-12-5-11(6-12)15-7-20-16-2-1-10(4-14(15)16)3-13-9-25-18(24)21(13)8-17(22)23/h1-2,4,7,11-13,20H,3,5-6,8-9,19H2,(H,22,23)/t11?,12?,13-/m0/s1. The summed E-state index contributed by atoms with van der Waals surface area (Å²) in [5.74, 6) is -0.535. The summed E-state index contributed by atoms with van der Waals surface area (Å²) < 4.78 is 5.03. The molecular weight excluding hydrogens is 322 g/mol. The zero-order valence-corrected chi connectivity index (χ0v) is 13.8. The fraction of sp³-hybridized carbons (Fsp3) is 0.444. The molecule has 7 nitrogen and oxygen atoms in total. The number of hydrogen-bond donors (Lipinski definition) is 3. The van der Waals surface area contributed by atoms with Crippen LogP contribution in [0.15, 0.2) is 24.4 Å². The normalized spacial score (nSPS) is 25.9. The van der Waals surface area contributed by atoms with Crippen molar-refractivity contribution in [2.75, 3.05) is 13.2 Å². The van der Waals surface area contributed by atoms with Gasteiger partial charge < -0.3 is 20.6 Å². The Balaban J connectivity index is 1.56. The molecule has 1 saturated heterocycles. The van der Waals surface area contributed by atoms with Crippen LogP contribution < -0.4 is 5.73 Å². The number of cyclic esters (lactones) is 1. The highest BCUT2D eigenvalue weighted by Gasteiger charge is 2.34. The zero-order valence-electron chi connectivity index (χ0n) is 13.8. The summed E-state index contributed by atoms with van der Waals surface area (Å²) >= 11 is 0. The largest absolute Gasteiger partial charge is 0.480 e. The minimum atomic E-state index is -1.03. The van der Waals surface area contributed by atoms with E-state index in [0.29, 0.717) is 18.4 Å². The SMILES string of the molecule is NC1CC(c2c[nH]c3ccc(C[C@H]4COC(=O)N4CC(=O)O)cc23)C1. The number of carbonyl (C=O) groups excluding carboxylic acids is 1. The molecule has 1 amide bonds. The highest BCUT2D eigenvalue weighted by Crippen LogP contribution is 2.39. The average Bonchev–Trinajstić information content (AvgIpc) is 3.09. The van der Waals surface area contributed by atoms with E-state index in [2.05, 4.69) is 17.2 Å². The Labute approximate surface area is 144 Å². The van der Waals surface area contributed by atoms with Gasteiger partial charge in [-0.15, -0.1) is 0 Å². The molecule has 0 radical (unpaired) electrons. The summed E-state index contributed by atoms with van der Waals surface area (Å²) in [4.78, 5) is 27.3. The maximum atomic E-state index is 11.7. The lowest BCUT2D eigenvalue weighted by molar-refractivity contribution is -0.137. The molecule has 2 aliphatic rings. The van der Waals surface area contributed by atoms with Gasteiger partial charge in [-0.05, 0) is 48.4 Å². The number of ether oxygens (including phenoxy) is 1. The van der Waals surface area contributed by atoms with Crippen molar-refractivity contribution in [2.45, 2.75) is 37.3 Å². The van der Waals surface area contributed by atoms with Crippen molar-refractivity contribution in [1.82, 2.24) is 9.88 Å². The minimum absolute atomic E-state index is 0.224. The number of H-pyrrole nitrogens is 1. The van der Waals surface area contributed by atoms with Gasteiger partial charge in [0.2, 0.25) is 0 Å². The third kappa shape index (κ3) is 2.95. The van der Waals surface area contributed by atoms with Gasteiger partial charge >= 0.3 is 12.1 Å². The number of rotatable bonds is 5. The number of nitrogens with two attached hydrogens (primary N) is 1. The third-order valence-electron chi connectivity index (χ3n) is 5.24. The lowest BCUT2D eigenvalue weighted by Crippen LogP contribution is -2.38. The molecule has 0 bridgehead atoms. The van der Waals surface area contributed by atoms with Crippen LogP contribution in [0.4, 0.5) is 4.79 Å². The molecule has 1 atom stereocenters. The predicted molar refractivity (Wildman–Crippen MR) is 91.4 cm³/mol. The van der Waals surface area contributed by atoms with E-state index in [1.165, 1.54) is 15.8 Å². The molecule has 2 heterocycles. The Morgan fingerprint density at radius 2 is 2.20 bits per heavy atom. The van der Waals surface area contributed by atoms with E-state index in [9.17, 15) is 9.59 Å². The van der Waals surface area contributed by atoms with Crippen molar-refractivity contribution in [3.63, 3.8) is 0 Å². The van der Waals surface area contributed by atoms with Crippen LogP contribution in [0.25, 0.3) is 10.9 Å². The van der Waals surface area contributed by atoms with Gasteiger partial charge in [0.25, 0.3) is 0 Å². The smallest absolute Gasteiger partial charge is 0.410 e. The second-order valence-corrected chi connectivity index (χ2v) is 7.01. The van der Waals surface area contributed by atoms with Crippen LogP contribution >= 0.6 is 0 Å². The zero-order chi connectivity index (χ0) is 17.6. The van der Waals surface area contributed by atoms with Crippen LogP contribution in [0.5, 0.6) is 0 Å². The molecule has 0 spiro atoms.